The third-order valence-electron chi connectivity index (χ3n) is 2.45. The van der Waals surface area contributed by atoms with Crippen LogP contribution in [0.2, 0.25) is 0 Å². The molecule has 1 aromatic carbocycles. The summed E-state index contributed by atoms with van der Waals surface area (Å²) in [5.74, 6) is 6.33. The van der Waals surface area contributed by atoms with Gasteiger partial charge in [0.1, 0.15) is 5.75 Å². The molecule has 3 N–H and O–H groups in total. The zero-order valence-corrected chi connectivity index (χ0v) is 10.7. The molecule has 0 fully saturated rings. The minimum atomic E-state index is 0.299. The molecule has 15 heavy (non-hydrogen) atoms. The van der Waals surface area contributed by atoms with E-state index >= 15 is 0 Å². The number of halogens is 1. The van der Waals surface area contributed by atoms with E-state index in [1.165, 1.54) is 5.56 Å². The van der Waals surface area contributed by atoms with Crippen LogP contribution in [0.25, 0.3) is 0 Å². The molecule has 0 aromatic heterocycles. The van der Waals surface area contributed by atoms with Crippen LogP contribution < -0.4 is 16.0 Å². The number of hydrazine groups is 1. The monoisotopic (exact) mass is 272 g/mol. The predicted molar refractivity (Wildman–Crippen MR) is 65.8 cm³/mol. The third-order valence-corrected chi connectivity index (χ3v) is 3.22. The van der Waals surface area contributed by atoms with Crippen molar-refractivity contribution in [1.29, 1.82) is 0 Å². The molecule has 1 rings (SSSR count). The maximum absolute atomic E-state index is 5.46. The summed E-state index contributed by atoms with van der Waals surface area (Å²) in [6, 6.07) is 6.26. The van der Waals surface area contributed by atoms with Crippen LogP contribution >= 0.6 is 15.9 Å². The SMILES string of the molecule is CCC(Cc1cc(OC)ccc1Br)NN. The second kappa shape index (κ2) is 6.10. The van der Waals surface area contributed by atoms with Gasteiger partial charge in [-0.25, -0.2) is 0 Å². The van der Waals surface area contributed by atoms with Gasteiger partial charge in [0.05, 0.1) is 7.11 Å². The second-order valence-corrected chi connectivity index (χ2v) is 4.29. The van der Waals surface area contributed by atoms with Crippen molar-refractivity contribution in [2.75, 3.05) is 7.11 Å². The first kappa shape index (κ1) is 12.5. The summed E-state index contributed by atoms with van der Waals surface area (Å²) in [7, 11) is 1.67. The lowest BCUT2D eigenvalue weighted by Crippen LogP contribution is -2.36. The van der Waals surface area contributed by atoms with Crippen molar-refractivity contribution in [3.05, 3.63) is 28.2 Å². The molecule has 0 amide bonds. The van der Waals surface area contributed by atoms with Crippen molar-refractivity contribution in [3.8, 4) is 5.75 Å². The molecule has 0 heterocycles. The van der Waals surface area contributed by atoms with E-state index in [0.29, 0.717) is 6.04 Å². The molecule has 0 spiro atoms. The first-order valence-corrected chi connectivity index (χ1v) is 5.79. The van der Waals surface area contributed by atoms with Crippen LogP contribution in [0, 0.1) is 0 Å². The summed E-state index contributed by atoms with van der Waals surface area (Å²) < 4.78 is 6.28. The van der Waals surface area contributed by atoms with E-state index in [1.54, 1.807) is 7.11 Å². The quantitative estimate of drug-likeness (QED) is 0.639. The van der Waals surface area contributed by atoms with Crippen LogP contribution in [0.3, 0.4) is 0 Å². The first-order valence-electron chi connectivity index (χ1n) is 4.99. The highest BCUT2D eigenvalue weighted by molar-refractivity contribution is 9.10. The second-order valence-electron chi connectivity index (χ2n) is 3.43. The number of nitrogens with one attached hydrogen (secondary N) is 1. The van der Waals surface area contributed by atoms with Crippen molar-refractivity contribution < 1.29 is 4.74 Å². The van der Waals surface area contributed by atoms with Gasteiger partial charge in [0.25, 0.3) is 0 Å². The van der Waals surface area contributed by atoms with Crippen molar-refractivity contribution in [2.45, 2.75) is 25.8 Å². The maximum Gasteiger partial charge on any atom is 0.119 e. The molecule has 0 saturated heterocycles. The molecule has 0 bridgehead atoms. The average Bonchev–Trinajstić information content (AvgIpc) is 2.28. The Bertz CT molecular complexity index is 313. The highest BCUT2D eigenvalue weighted by atomic mass is 79.9. The van der Waals surface area contributed by atoms with Crippen molar-refractivity contribution in [3.63, 3.8) is 0 Å². The summed E-state index contributed by atoms with van der Waals surface area (Å²) in [5.41, 5.74) is 4.01. The lowest BCUT2D eigenvalue weighted by atomic mass is 10.0. The van der Waals surface area contributed by atoms with E-state index in [0.717, 1.165) is 23.1 Å². The lowest BCUT2D eigenvalue weighted by molar-refractivity contribution is 0.413. The summed E-state index contributed by atoms with van der Waals surface area (Å²) in [6.45, 7) is 2.11. The predicted octanol–water partition coefficient (Wildman–Crippen LogP) is 2.24. The van der Waals surface area contributed by atoms with E-state index in [9.17, 15) is 0 Å². The van der Waals surface area contributed by atoms with Crippen LogP contribution in [0.1, 0.15) is 18.9 Å². The molecule has 4 heteroatoms. The molecule has 0 radical (unpaired) electrons. The van der Waals surface area contributed by atoms with Crippen molar-refractivity contribution in [2.24, 2.45) is 5.84 Å². The summed E-state index contributed by atoms with van der Waals surface area (Å²) in [5, 5.41) is 0. The van der Waals surface area contributed by atoms with E-state index in [4.69, 9.17) is 10.6 Å². The van der Waals surface area contributed by atoms with E-state index in [2.05, 4.69) is 28.3 Å². The minimum Gasteiger partial charge on any atom is -0.497 e. The maximum atomic E-state index is 5.46. The molecular formula is C11H17BrN2O. The third kappa shape index (κ3) is 3.48. The van der Waals surface area contributed by atoms with E-state index < -0.39 is 0 Å². The number of hydrogen-bond donors (Lipinski definition) is 2. The van der Waals surface area contributed by atoms with E-state index in [-0.39, 0.29) is 0 Å². The van der Waals surface area contributed by atoms with Gasteiger partial charge in [-0.15, -0.1) is 0 Å². The number of rotatable bonds is 5. The van der Waals surface area contributed by atoms with E-state index in [1.807, 2.05) is 18.2 Å². The van der Waals surface area contributed by atoms with Crippen molar-refractivity contribution in [1.82, 2.24) is 5.43 Å². The topological polar surface area (TPSA) is 47.3 Å². The fourth-order valence-electron chi connectivity index (χ4n) is 1.42. The summed E-state index contributed by atoms with van der Waals surface area (Å²) in [4.78, 5) is 0. The molecule has 84 valence electrons. The zero-order chi connectivity index (χ0) is 11.3. The van der Waals surface area contributed by atoms with Gasteiger partial charge >= 0.3 is 0 Å². The molecule has 0 saturated carbocycles. The van der Waals surface area contributed by atoms with Crippen LogP contribution in [-0.4, -0.2) is 13.2 Å². The lowest BCUT2D eigenvalue weighted by Gasteiger charge is -2.15. The number of nitrogens with two attached hydrogens (primary N) is 1. The Kier molecular flexibility index (Phi) is 5.08. The largest absolute Gasteiger partial charge is 0.497 e. The molecule has 0 aliphatic rings. The standard InChI is InChI=1S/C11H17BrN2O/c1-3-9(14-13)6-8-7-10(15-2)4-5-11(8)12/h4-5,7,9,14H,3,6,13H2,1-2H3. The van der Waals surface area contributed by atoms with Gasteiger partial charge in [-0.1, -0.05) is 22.9 Å². The highest BCUT2D eigenvalue weighted by Gasteiger charge is 2.08. The summed E-state index contributed by atoms with van der Waals surface area (Å²) in [6.07, 6.45) is 1.89. The number of benzene rings is 1. The molecule has 1 aromatic rings. The highest BCUT2D eigenvalue weighted by Crippen LogP contribution is 2.23. The first-order chi connectivity index (χ1) is 7.21. The molecule has 3 nitrogen and oxygen atoms in total. The number of ether oxygens (including phenoxy) is 1. The Hall–Kier alpha value is -0.580. The van der Waals surface area contributed by atoms with Gasteiger partial charge in [0.2, 0.25) is 0 Å². The molecule has 0 aliphatic carbocycles. The van der Waals surface area contributed by atoms with Gasteiger partial charge in [-0.2, -0.15) is 0 Å². The molecule has 1 atom stereocenters. The fraction of sp³-hybridized carbons (Fsp3) is 0.455. The Labute approximate surface area is 99.1 Å². The molecule has 1 unspecified atom stereocenters. The average molecular weight is 273 g/mol. The van der Waals surface area contributed by atoms with Crippen LogP contribution in [0.5, 0.6) is 5.75 Å². The van der Waals surface area contributed by atoms with Gasteiger partial charge in [-0.05, 0) is 36.6 Å². The Morgan fingerprint density at radius 1 is 1.53 bits per heavy atom. The fourth-order valence-corrected chi connectivity index (χ4v) is 1.83. The Morgan fingerprint density at radius 3 is 2.80 bits per heavy atom. The van der Waals surface area contributed by atoms with Gasteiger partial charge in [0, 0.05) is 10.5 Å². The zero-order valence-electron chi connectivity index (χ0n) is 9.09. The normalized spacial score (nSPS) is 12.5. The van der Waals surface area contributed by atoms with Crippen LogP contribution in [-0.2, 0) is 6.42 Å². The Morgan fingerprint density at radius 2 is 2.27 bits per heavy atom. The number of hydrogen-bond acceptors (Lipinski definition) is 3. The Balaban J connectivity index is 2.82. The van der Waals surface area contributed by atoms with Crippen LogP contribution in [0.4, 0.5) is 0 Å². The van der Waals surface area contributed by atoms with Gasteiger partial charge in [0.15, 0.2) is 0 Å². The molecular weight excluding hydrogens is 256 g/mol. The van der Waals surface area contributed by atoms with Gasteiger partial charge < -0.3 is 4.74 Å². The van der Waals surface area contributed by atoms with Gasteiger partial charge in [-0.3, -0.25) is 11.3 Å². The van der Waals surface area contributed by atoms with Crippen LogP contribution in [0.15, 0.2) is 22.7 Å². The van der Waals surface area contributed by atoms with Crippen molar-refractivity contribution >= 4 is 15.9 Å². The smallest absolute Gasteiger partial charge is 0.119 e. The minimum absolute atomic E-state index is 0.299. The molecule has 0 aliphatic heterocycles. The number of methoxy groups -OCH3 is 1. The summed E-state index contributed by atoms with van der Waals surface area (Å²) >= 11 is 3.52.